The summed E-state index contributed by atoms with van der Waals surface area (Å²) in [5, 5.41) is 1.37. The average Bonchev–Trinajstić information content (AvgIpc) is 2.72. The number of nitrogens with one attached hydrogen (secondary N) is 1. The summed E-state index contributed by atoms with van der Waals surface area (Å²) in [6.07, 6.45) is 0. The molecule has 0 unspecified atom stereocenters. The third kappa shape index (κ3) is 5.26. The molecule has 0 radical (unpaired) electrons. The summed E-state index contributed by atoms with van der Waals surface area (Å²) in [6, 6.07) is 23.5. The predicted octanol–water partition coefficient (Wildman–Crippen LogP) is 5.37. The summed E-state index contributed by atoms with van der Waals surface area (Å²) in [4.78, 5) is 25.8. The zero-order valence-corrected chi connectivity index (χ0v) is 17.7. The largest absolute Gasteiger partial charge is 0.457 e. The highest BCUT2D eigenvalue weighted by molar-refractivity contribution is 5.99. The van der Waals surface area contributed by atoms with E-state index in [-0.39, 0.29) is 11.8 Å². The smallest absolute Gasteiger partial charge is 0.272 e. The molecule has 1 N–H and O–H groups in total. The van der Waals surface area contributed by atoms with E-state index in [1.54, 1.807) is 36.4 Å². The van der Waals surface area contributed by atoms with Gasteiger partial charge in [0.05, 0.1) is 5.54 Å². The summed E-state index contributed by atoms with van der Waals surface area (Å²) < 4.78 is 5.76. The van der Waals surface area contributed by atoms with E-state index in [1.165, 1.54) is 5.01 Å². The SMILES string of the molecule is Cc1ccc(C(=O)N(NC(=O)c2ccc(Oc3ccccc3)cc2)C(C)(C)C)cc1. The van der Waals surface area contributed by atoms with Gasteiger partial charge in [0, 0.05) is 11.1 Å². The molecule has 5 heteroatoms. The van der Waals surface area contributed by atoms with Gasteiger partial charge in [-0.3, -0.25) is 15.0 Å². The third-order valence-corrected chi connectivity index (χ3v) is 4.48. The Kier molecular flexibility index (Phi) is 6.21. The van der Waals surface area contributed by atoms with Crippen molar-refractivity contribution < 1.29 is 14.3 Å². The number of hydrogen-bond donors (Lipinski definition) is 1. The van der Waals surface area contributed by atoms with Crippen molar-refractivity contribution in [1.29, 1.82) is 0 Å². The van der Waals surface area contributed by atoms with E-state index < -0.39 is 5.54 Å². The molecule has 30 heavy (non-hydrogen) atoms. The number of hydrogen-bond acceptors (Lipinski definition) is 3. The van der Waals surface area contributed by atoms with Gasteiger partial charge in [-0.1, -0.05) is 35.9 Å². The zero-order chi connectivity index (χ0) is 21.7. The molecule has 3 aromatic rings. The number of hydrazine groups is 1. The molecule has 0 aromatic heterocycles. The maximum atomic E-state index is 13.0. The molecule has 0 bridgehead atoms. The van der Waals surface area contributed by atoms with E-state index >= 15 is 0 Å². The molecule has 3 aromatic carbocycles. The van der Waals surface area contributed by atoms with Crippen LogP contribution in [0.25, 0.3) is 0 Å². The van der Waals surface area contributed by atoms with Crippen molar-refractivity contribution in [3.05, 3.63) is 95.6 Å². The first-order valence-corrected chi connectivity index (χ1v) is 9.79. The van der Waals surface area contributed by atoms with Gasteiger partial charge in [0.15, 0.2) is 0 Å². The number of carbonyl (C=O) groups is 2. The molecule has 0 heterocycles. The zero-order valence-electron chi connectivity index (χ0n) is 17.7. The minimum absolute atomic E-state index is 0.264. The second-order valence-corrected chi connectivity index (χ2v) is 8.06. The lowest BCUT2D eigenvalue weighted by atomic mass is 10.1. The highest BCUT2D eigenvalue weighted by Crippen LogP contribution is 2.22. The van der Waals surface area contributed by atoms with E-state index in [0.717, 1.165) is 11.3 Å². The van der Waals surface area contributed by atoms with Gasteiger partial charge in [-0.25, -0.2) is 5.01 Å². The second kappa shape index (κ2) is 8.82. The molecular weight excluding hydrogens is 376 g/mol. The highest BCUT2D eigenvalue weighted by Gasteiger charge is 2.29. The Balaban J connectivity index is 1.74. The molecule has 0 aliphatic carbocycles. The van der Waals surface area contributed by atoms with Crippen LogP contribution in [0.5, 0.6) is 11.5 Å². The van der Waals surface area contributed by atoms with Gasteiger partial charge in [-0.2, -0.15) is 0 Å². The van der Waals surface area contributed by atoms with Crippen LogP contribution in [0.2, 0.25) is 0 Å². The van der Waals surface area contributed by atoms with Crippen molar-refractivity contribution in [1.82, 2.24) is 10.4 Å². The molecule has 2 amide bonds. The first kappa shape index (κ1) is 21.1. The number of carbonyl (C=O) groups excluding carboxylic acids is 2. The molecule has 5 nitrogen and oxygen atoms in total. The summed E-state index contributed by atoms with van der Waals surface area (Å²) in [7, 11) is 0. The summed E-state index contributed by atoms with van der Waals surface area (Å²) >= 11 is 0. The lowest BCUT2D eigenvalue weighted by molar-refractivity contribution is 0.0358. The number of rotatable bonds is 4. The quantitative estimate of drug-likeness (QED) is 0.597. The van der Waals surface area contributed by atoms with E-state index in [4.69, 9.17) is 4.74 Å². The van der Waals surface area contributed by atoms with Gasteiger partial charge in [0.2, 0.25) is 0 Å². The Morgan fingerprint density at radius 3 is 1.87 bits per heavy atom. The van der Waals surface area contributed by atoms with Crippen LogP contribution in [-0.2, 0) is 0 Å². The van der Waals surface area contributed by atoms with Crippen molar-refractivity contribution in [2.75, 3.05) is 0 Å². The molecule has 154 valence electrons. The molecule has 0 spiro atoms. The number of benzene rings is 3. The number of nitrogens with zero attached hydrogens (tertiary/aromatic N) is 1. The first-order chi connectivity index (χ1) is 14.2. The van der Waals surface area contributed by atoms with Crippen molar-refractivity contribution in [2.24, 2.45) is 0 Å². The fourth-order valence-corrected chi connectivity index (χ4v) is 2.81. The lowest BCUT2D eigenvalue weighted by Gasteiger charge is -2.35. The van der Waals surface area contributed by atoms with Crippen LogP contribution in [0.4, 0.5) is 0 Å². The molecule has 0 saturated carbocycles. The molecule has 0 atom stereocenters. The lowest BCUT2D eigenvalue weighted by Crippen LogP contribution is -2.55. The number of amides is 2. The van der Waals surface area contributed by atoms with Crippen LogP contribution in [0.15, 0.2) is 78.9 Å². The van der Waals surface area contributed by atoms with Crippen molar-refractivity contribution in [3.8, 4) is 11.5 Å². The van der Waals surface area contributed by atoms with E-state index in [1.807, 2.05) is 70.2 Å². The molecular formula is C25H26N2O3. The Morgan fingerprint density at radius 2 is 1.30 bits per heavy atom. The van der Waals surface area contributed by atoms with Crippen LogP contribution in [0, 0.1) is 6.92 Å². The Hall–Kier alpha value is -3.60. The number of ether oxygens (including phenoxy) is 1. The van der Waals surface area contributed by atoms with Gasteiger partial charge >= 0.3 is 0 Å². The average molecular weight is 402 g/mol. The van der Waals surface area contributed by atoms with Gasteiger partial charge in [0.25, 0.3) is 11.8 Å². The van der Waals surface area contributed by atoms with Crippen LogP contribution in [0.1, 0.15) is 47.1 Å². The Labute approximate surface area is 177 Å². The Bertz CT molecular complexity index is 1010. The monoisotopic (exact) mass is 402 g/mol. The topological polar surface area (TPSA) is 58.6 Å². The third-order valence-electron chi connectivity index (χ3n) is 4.48. The number of para-hydroxylation sites is 1. The van der Waals surface area contributed by atoms with Crippen molar-refractivity contribution in [3.63, 3.8) is 0 Å². The molecule has 0 aliphatic rings. The van der Waals surface area contributed by atoms with Crippen LogP contribution < -0.4 is 10.2 Å². The van der Waals surface area contributed by atoms with Gasteiger partial charge in [-0.05, 0) is 76.2 Å². The molecule has 0 saturated heterocycles. The van der Waals surface area contributed by atoms with E-state index in [0.29, 0.717) is 16.9 Å². The standard InChI is InChI=1S/C25H26N2O3/c1-18-10-12-20(13-11-18)24(29)27(25(2,3)4)26-23(28)19-14-16-22(17-15-19)30-21-8-6-5-7-9-21/h5-17H,1-4H3,(H,26,28). The molecule has 0 fully saturated rings. The summed E-state index contributed by atoms with van der Waals surface area (Å²) in [5.41, 5.74) is 4.17. The van der Waals surface area contributed by atoms with Crippen LogP contribution >= 0.6 is 0 Å². The van der Waals surface area contributed by atoms with E-state index in [2.05, 4.69) is 5.43 Å². The van der Waals surface area contributed by atoms with Gasteiger partial charge < -0.3 is 4.74 Å². The maximum absolute atomic E-state index is 13.0. The van der Waals surface area contributed by atoms with Crippen LogP contribution in [0.3, 0.4) is 0 Å². The molecule has 0 aliphatic heterocycles. The van der Waals surface area contributed by atoms with Gasteiger partial charge in [-0.15, -0.1) is 0 Å². The minimum Gasteiger partial charge on any atom is -0.457 e. The minimum atomic E-state index is -0.603. The maximum Gasteiger partial charge on any atom is 0.272 e. The first-order valence-electron chi connectivity index (χ1n) is 9.79. The van der Waals surface area contributed by atoms with Crippen molar-refractivity contribution >= 4 is 11.8 Å². The summed E-state index contributed by atoms with van der Waals surface area (Å²) in [6.45, 7) is 7.57. The molecule has 3 rings (SSSR count). The van der Waals surface area contributed by atoms with Crippen molar-refractivity contribution in [2.45, 2.75) is 33.2 Å². The van der Waals surface area contributed by atoms with Gasteiger partial charge in [0.1, 0.15) is 11.5 Å². The van der Waals surface area contributed by atoms with E-state index in [9.17, 15) is 9.59 Å². The van der Waals surface area contributed by atoms with Crippen LogP contribution in [-0.4, -0.2) is 22.4 Å². The Morgan fingerprint density at radius 1 is 0.767 bits per heavy atom. The normalized spacial score (nSPS) is 10.9. The summed E-state index contributed by atoms with van der Waals surface area (Å²) in [5.74, 6) is 0.718. The predicted molar refractivity (Wildman–Crippen MR) is 118 cm³/mol. The number of aryl methyl sites for hydroxylation is 1. The highest BCUT2D eigenvalue weighted by atomic mass is 16.5. The fraction of sp³-hybridized carbons (Fsp3) is 0.200. The fourth-order valence-electron chi connectivity index (χ4n) is 2.81. The second-order valence-electron chi connectivity index (χ2n) is 8.06.